The van der Waals surface area contributed by atoms with Gasteiger partial charge in [-0.25, -0.2) is 4.79 Å². The number of aromatic nitrogens is 1. The van der Waals surface area contributed by atoms with Gasteiger partial charge in [-0.3, -0.25) is 4.98 Å². The molecule has 0 saturated carbocycles. The molecular formula is C13H18N2O3. The van der Waals surface area contributed by atoms with E-state index in [4.69, 9.17) is 9.84 Å². The number of likely N-dealkylation sites (tertiary alicyclic amines) is 1. The van der Waals surface area contributed by atoms with Crippen LogP contribution in [0.5, 0.6) is 5.75 Å². The fourth-order valence-corrected chi connectivity index (χ4v) is 2.15. The minimum Gasteiger partial charge on any atom is -0.491 e. The van der Waals surface area contributed by atoms with Gasteiger partial charge in [0.15, 0.2) is 5.75 Å². The first-order valence-electron chi connectivity index (χ1n) is 6.30. The molecule has 5 heteroatoms. The molecular weight excluding hydrogens is 232 g/mol. The van der Waals surface area contributed by atoms with Crippen molar-refractivity contribution in [1.29, 1.82) is 0 Å². The van der Waals surface area contributed by atoms with Gasteiger partial charge in [-0.1, -0.05) is 0 Å². The van der Waals surface area contributed by atoms with Crippen LogP contribution in [0.15, 0.2) is 18.5 Å². The molecule has 0 aliphatic carbocycles. The molecule has 2 rings (SSSR count). The standard InChI is InChI=1S/C13H18N2O3/c16-13(17)11-4-5-14-10-12(11)18-9-3-8-15-6-1-2-7-15/h4-5,10H,1-3,6-9H2,(H,16,17). The molecule has 0 atom stereocenters. The molecule has 1 aromatic rings. The maximum Gasteiger partial charge on any atom is 0.339 e. The number of pyridine rings is 1. The lowest BCUT2D eigenvalue weighted by molar-refractivity contribution is 0.0692. The Kier molecular flexibility index (Phi) is 4.52. The van der Waals surface area contributed by atoms with Gasteiger partial charge >= 0.3 is 5.97 Å². The van der Waals surface area contributed by atoms with E-state index in [1.165, 1.54) is 44.4 Å². The van der Waals surface area contributed by atoms with E-state index in [1.54, 1.807) is 0 Å². The lowest BCUT2D eigenvalue weighted by Gasteiger charge is -2.14. The second-order valence-corrected chi connectivity index (χ2v) is 4.43. The SMILES string of the molecule is O=C(O)c1ccncc1OCCCN1CCCC1. The summed E-state index contributed by atoms with van der Waals surface area (Å²) < 4.78 is 5.49. The minimum atomic E-state index is -0.980. The van der Waals surface area contributed by atoms with E-state index in [-0.39, 0.29) is 5.56 Å². The molecule has 1 aromatic heterocycles. The van der Waals surface area contributed by atoms with Crippen LogP contribution in [0.25, 0.3) is 0 Å². The van der Waals surface area contributed by atoms with Gasteiger partial charge in [0.1, 0.15) is 5.56 Å². The summed E-state index contributed by atoms with van der Waals surface area (Å²) in [5.41, 5.74) is 0.172. The van der Waals surface area contributed by atoms with Crippen molar-refractivity contribution in [1.82, 2.24) is 9.88 Å². The van der Waals surface area contributed by atoms with E-state index in [9.17, 15) is 4.79 Å². The molecule has 0 amide bonds. The zero-order valence-corrected chi connectivity index (χ0v) is 10.3. The van der Waals surface area contributed by atoms with Crippen LogP contribution in [0.2, 0.25) is 0 Å². The van der Waals surface area contributed by atoms with Crippen molar-refractivity contribution in [2.75, 3.05) is 26.2 Å². The minimum absolute atomic E-state index is 0.172. The zero-order valence-electron chi connectivity index (χ0n) is 10.3. The highest BCUT2D eigenvalue weighted by molar-refractivity contribution is 5.90. The number of hydrogen-bond donors (Lipinski definition) is 1. The van der Waals surface area contributed by atoms with E-state index in [1.807, 2.05) is 0 Å². The molecule has 18 heavy (non-hydrogen) atoms. The number of aromatic carboxylic acids is 1. The molecule has 1 aliphatic heterocycles. The number of nitrogens with zero attached hydrogens (tertiary/aromatic N) is 2. The second-order valence-electron chi connectivity index (χ2n) is 4.43. The third-order valence-electron chi connectivity index (χ3n) is 3.09. The van der Waals surface area contributed by atoms with Crippen molar-refractivity contribution < 1.29 is 14.6 Å². The normalized spacial score (nSPS) is 15.8. The molecule has 2 heterocycles. The summed E-state index contributed by atoms with van der Waals surface area (Å²) in [6, 6.07) is 1.46. The maximum atomic E-state index is 10.9. The molecule has 1 aliphatic rings. The Morgan fingerprint density at radius 1 is 1.44 bits per heavy atom. The van der Waals surface area contributed by atoms with Gasteiger partial charge < -0.3 is 14.7 Å². The lowest BCUT2D eigenvalue weighted by Crippen LogP contribution is -2.22. The molecule has 0 aromatic carbocycles. The van der Waals surface area contributed by atoms with Gasteiger partial charge in [0.05, 0.1) is 12.8 Å². The first kappa shape index (κ1) is 12.8. The number of carbonyl (C=O) groups is 1. The predicted molar refractivity (Wildman–Crippen MR) is 67.0 cm³/mol. The summed E-state index contributed by atoms with van der Waals surface area (Å²) in [7, 11) is 0. The summed E-state index contributed by atoms with van der Waals surface area (Å²) in [6.07, 6.45) is 6.40. The van der Waals surface area contributed by atoms with Crippen molar-refractivity contribution in [3.05, 3.63) is 24.0 Å². The molecule has 0 spiro atoms. The van der Waals surface area contributed by atoms with Crippen LogP contribution in [0.4, 0.5) is 0 Å². The molecule has 0 unspecified atom stereocenters. The topological polar surface area (TPSA) is 62.7 Å². The Bertz CT molecular complexity index is 403. The Labute approximate surface area is 106 Å². The van der Waals surface area contributed by atoms with Gasteiger partial charge in [-0.05, 0) is 38.4 Å². The second kappa shape index (κ2) is 6.35. The zero-order chi connectivity index (χ0) is 12.8. The van der Waals surface area contributed by atoms with E-state index >= 15 is 0 Å². The van der Waals surface area contributed by atoms with Crippen molar-refractivity contribution >= 4 is 5.97 Å². The average molecular weight is 250 g/mol. The maximum absolute atomic E-state index is 10.9. The highest BCUT2D eigenvalue weighted by atomic mass is 16.5. The first-order chi connectivity index (χ1) is 8.77. The fraction of sp³-hybridized carbons (Fsp3) is 0.538. The number of ether oxygens (including phenoxy) is 1. The summed E-state index contributed by atoms with van der Waals surface area (Å²) >= 11 is 0. The summed E-state index contributed by atoms with van der Waals surface area (Å²) in [4.78, 5) is 17.2. The molecule has 5 nitrogen and oxygen atoms in total. The fourth-order valence-electron chi connectivity index (χ4n) is 2.15. The average Bonchev–Trinajstić information content (AvgIpc) is 2.88. The highest BCUT2D eigenvalue weighted by Gasteiger charge is 2.12. The largest absolute Gasteiger partial charge is 0.491 e. The van der Waals surface area contributed by atoms with Crippen LogP contribution >= 0.6 is 0 Å². The van der Waals surface area contributed by atoms with Gasteiger partial charge in [0, 0.05) is 12.7 Å². The van der Waals surface area contributed by atoms with Gasteiger partial charge in [-0.15, -0.1) is 0 Å². The van der Waals surface area contributed by atoms with E-state index in [0.717, 1.165) is 13.0 Å². The Hall–Kier alpha value is -1.62. The molecule has 0 radical (unpaired) electrons. The monoisotopic (exact) mass is 250 g/mol. The van der Waals surface area contributed by atoms with E-state index in [2.05, 4.69) is 9.88 Å². The van der Waals surface area contributed by atoms with Gasteiger partial charge in [0.2, 0.25) is 0 Å². The molecule has 1 N–H and O–H groups in total. The van der Waals surface area contributed by atoms with Crippen LogP contribution in [-0.2, 0) is 0 Å². The van der Waals surface area contributed by atoms with Crippen LogP contribution in [-0.4, -0.2) is 47.2 Å². The Morgan fingerprint density at radius 2 is 2.22 bits per heavy atom. The number of hydrogen-bond acceptors (Lipinski definition) is 4. The molecule has 1 fully saturated rings. The van der Waals surface area contributed by atoms with Crippen molar-refractivity contribution in [3.63, 3.8) is 0 Å². The predicted octanol–water partition coefficient (Wildman–Crippen LogP) is 1.64. The lowest BCUT2D eigenvalue weighted by atomic mass is 10.2. The van der Waals surface area contributed by atoms with Crippen molar-refractivity contribution in [2.24, 2.45) is 0 Å². The van der Waals surface area contributed by atoms with E-state index in [0.29, 0.717) is 12.4 Å². The summed E-state index contributed by atoms with van der Waals surface area (Å²) in [5, 5.41) is 8.98. The van der Waals surface area contributed by atoms with Crippen LogP contribution < -0.4 is 4.74 Å². The molecule has 98 valence electrons. The third kappa shape index (κ3) is 3.43. The van der Waals surface area contributed by atoms with Crippen molar-refractivity contribution in [3.8, 4) is 5.75 Å². The van der Waals surface area contributed by atoms with Crippen LogP contribution in [0.1, 0.15) is 29.6 Å². The Morgan fingerprint density at radius 3 is 2.94 bits per heavy atom. The number of carboxylic acids is 1. The highest BCUT2D eigenvalue weighted by Crippen LogP contribution is 2.16. The molecule has 0 bridgehead atoms. The molecule has 1 saturated heterocycles. The van der Waals surface area contributed by atoms with E-state index < -0.39 is 5.97 Å². The number of rotatable bonds is 6. The van der Waals surface area contributed by atoms with Crippen LogP contribution in [0.3, 0.4) is 0 Å². The van der Waals surface area contributed by atoms with Crippen LogP contribution in [0, 0.1) is 0 Å². The Balaban J connectivity index is 1.77. The number of carboxylic acid groups (broad SMARTS) is 1. The smallest absolute Gasteiger partial charge is 0.339 e. The first-order valence-corrected chi connectivity index (χ1v) is 6.30. The quantitative estimate of drug-likeness (QED) is 0.778. The summed E-state index contributed by atoms with van der Waals surface area (Å²) in [5.74, 6) is -0.627. The summed E-state index contributed by atoms with van der Waals surface area (Å²) in [6.45, 7) is 3.89. The van der Waals surface area contributed by atoms with Crippen molar-refractivity contribution in [2.45, 2.75) is 19.3 Å². The van der Waals surface area contributed by atoms with Gasteiger partial charge in [-0.2, -0.15) is 0 Å². The van der Waals surface area contributed by atoms with Gasteiger partial charge in [0.25, 0.3) is 0 Å². The third-order valence-corrected chi connectivity index (χ3v) is 3.09.